The van der Waals surface area contributed by atoms with Crippen molar-refractivity contribution in [1.82, 2.24) is 9.97 Å². The number of nitrogens with two attached hydrogens (primary N) is 1. The van der Waals surface area contributed by atoms with E-state index >= 15 is 0 Å². The van der Waals surface area contributed by atoms with E-state index in [1.165, 1.54) is 0 Å². The van der Waals surface area contributed by atoms with Crippen LogP contribution in [-0.4, -0.2) is 23.6 Å². The lowest BCUT2D eigenvalue weighted by Crippen LogP contribution is -2.04. The van der Waals surface area contributed by atoms with E-state index in [9.17, 15) is 0 Å². The zero-order valence-corrected chi connectivity index (χ0v) is 11.1. The maximum atomic E-state index is 5.61. The van der Waals surface area contributed by atoms with Crippen LogP contribution in [-0.2, 0) is 6.42 Å². The van der Waals surface area contributed by atoms with Crippen LogP contribution in [0.4, 0.5) is 0 Å². The molecule has 1 heterocycles. The average Bonchev–Trinajstić information content (AvgIpc) is 2.80. The van der Waals surface area contributed by atoms with Gasteiger partial charge in [-0.25, -0.2) is 4.98 Å². The van der Waals surface area contributed by atoms with Crippen LogP contribution in [0.2, 0.25) is 0 Å². The summed E-state index contributed by atoms with van der Waals surface area (Å²) in [6.07, 6.45) is 2.53. The van der Waals surface area contributed by atoms with Crippen LogP contribution in [0.3, 0.4) is 0 Å². The molecule has 0 spiro atoms. The Kier molecular flexibility index (Phi) is 3.67. The molecule has 0 bridgehead atoms. The summed E-state index contributed by atoms with van der Waals surface area (Å²) in [5, 5.41) is 0. The number of ether oxygens (including phenoxy) is 1. The van der Waals surface area contributed by atoms with Crippen LogP contribution in [0, 0.1) is 13.8 Å². The second-order valence-corrected chi connectivity index (χ2v) is 4.41. The van der Waals surface area contributed by atoms with Crippen LogP contribution in [0.1, 0.15) is 16.8 Å². The molecule has 2 rings (SSSR count). The number of methoxy groups -OCH3 is 1. The summed E-state index contributed by atoms with van der Waals surface area (Å²) in [4.78, 5) is 7.57. The first-order chi connectivity index (χ1) is 8.67. The van der Waals surface area contributed by atoms with Crippen LogP contribution in [0.15, 0.2) is 18.5 Å². The fraction of sp³-hybridized carbons (Fsp3) is 0.357. The largest absolute Gasteiger partial charge is 0.496 e. The second-order valence-electron chi connectivity index (χ2n) is 4.41. The van der Waals surface area contributed by atoms with Gasteiger partial charge in [-0.05, 0) is 43.7 Å². The standard InChI is InChI=1S/C14H19N3O/c1-9-7-13(18-3)10(2)6-11(9)14-12(4-5-15)16-8-17-14/h6-8H,4-5,15H2,1-3H3,(H,16,17). The topological polar surface area (TPSA) is 63.9 Å². The van der Waals surface area contributed by atoms with Crippen molar-refractivity contribution < 1.29 is 4.74 Å². The number of nitrogens with zero attached hydrogens (tertiary/aromatic N) is 1. The van der Waals surface area contributed by atoms with Crippen LogP contribution in [0.5, 0.6) is 5.75 Å². The van der Waals surface area contributed by atoms with E-state index in [4.69, 9.17) is 10.5 Å². The molecule has 0 aliphatic carbocycles. The number of nitrogens with one attached hydrogen (secondary N) is 1. The zero-order valence-electron chi connectivity index (χ0n) is 11.1. The van der Waals surface area contributed by atoms with Crippen LogP contribution in [0.25, 0.3) is 11.3 Å². The number of hydrogen-bond acceptors (Lipinski definition) is 3. The minimum absolute atomic E-state index is 0.614. The van der Waals surface area contributed by atoms with E-state index in [1.54, 1.807) is 13.4 Å². The molecule has 0 amide bonds. The van der Waals surface area contributed by atoms with Crippen molar-refractivity contribution in [2.45, 2.75) is 20.3 Å². The van der Waals surface area contributed by atoms with Crippen molar-refractivity contribution in [2.75, 3.05) is 13.7 Å². The van der Waals surface area contributed by atoms with E-state index < -0.39 is 0 Å². The maximum absolute atomic E-state index is 5.61. The monoisotopic (exact) mass is 245 g/mol. The van der Waals surface area contributed by atoms with Gasteiger partial charge < -0.3 is 15.5 Å². The first kappa shape index (κ1) is 12.6. The van der Waals surface area contributed by atoms with Crippen LogP contribution >= 0.6 is 0 Å². The van der Waals surface area contributed by atoms with Gasteiger partial charge in [-0.2, -0.15) is 0 Å². The van der Waals surface area contributed by atoms with Gasteiger partial charge in [0.1, 0.15) is 5.75 Å². The predicted molar refractivity (Wildman–Crippen MR) is 72.8 cm³/mol. The maximum Gasteiger partial charge on any atom is 0.122 e. The number of aromatic nitrogens is 2. The quantitative estimate of drug-likeness (QED) is 0.868. The van der Waals surface area contributed by atoms with Gasteiger partial charge in [-0.3, -0.25) is 0 Å². The predicted octanol–water partition coefficient (Wildman–Crippen LogP) is 2.20. The summed E-state index contributed by atoms with van der Waals surface area (Å²) in [5.41, 5.74) is 11.1. The summed E-state index contributed by atoms with van der Waals surface area (Å²) < 4.78 is 5.33. The van der Waals surface area contributed by atoms with E-state index in [0.29, 0.717) is 6.54 Å². The highest BCUT2D eigenvalue weighted by Gasteiger charge is 2.12. The first-order valence-corrected chi connectivity index (χ1v) is 6.05. The molecule has 1 aromatic carbocycles. The molecule has 0 atom stereocenters. The third-order valence-electron chi connectivity index (χ3n) is 3.11. The van der Waals surface area contributed by atoms with Gasteiger partial charge in [0, 0.05) is 17.7 Å². The summed E-state index contributed by atoms with van der Waals surface area (Å²) in [6.45, 7) is 4.72. The lowest BCUT2D eigenvalue weighted by molar-refractivity contribution is 0.411. The van der Waals surface area contributed by atoms with Crippen molar-refractivity contribution in [1.29, 1.82) is 0 Å². The average molecular weight is 245 g/mol. The van der Waals surface area contributed by atoms with E-state index in [2.05, 4.69) is 23.0 Å². The minimum atomic E-state index is 0.614. The van der Waals surface area contributed by atoms with Gasteiger partial charge in [0.2, 0.25) is 0 Å². The molecule has 1 aromatic heterocycles. The van der Waals surface area contributed by atoms with E-state index in [1.807, 2.05) is 13.0 Å². The molecular weight excluding hydrogens is 226 g/mol. The number of aromatic amines is 1. The molecule has 0 aliphatic rings. The molecule has 4 nitrogen and oxygen atoms in total. The normalized spacial score (nSPS) is 10.7. The lowest BCUT2D eigenvalue weighted by Gasteiger charge is -2.11. The Morgan fingerprint density at radius 1 is 1.28 bits per heavy atom. The van der Waals surface area contributed by atoms with Gasteiger partial charge in [0.15, 0.2) is 0 Å². The fourth-order valence-electron chi connectivity index (χ4n) is 2.15. The number of benzene rings is 1. The van der Waals surface area contributed by atoms with Crippen molar-refractivity contribution >= 4 is 0 Å². The zero-order chi connectivity index (χ0) is 13.1. The number of H-pyrrole nitrogens is 1. The Morgan fingerprint density at radius 2 is 2.06 bits per heavy atom. The molecule has 0 unspecified atom stereocenters. The molecule has 0 saturated heterocycles. The summed E-state index contributed by atoms with van der Waals surface area (Å²) in [7, 11) is 1.69. The minimum Gasteiger partial charge on any atom is -0.496 e. The number of hydrogen-bond donors (Lipinski definition) is 2. The molecular formula is C14H19N3O. The Bertz CT molecular complexity index is 546. The summed E-state index contributed by atoms with van der Waals surface area (Å²) in [6, 6.07) is 4.16. The smallest absolute Gasteiger partial charge is 0.122 e. The van der Waals surface area contributed by atoms with Crippen LogP contribution < -0.4 is 10.5 Å². The number of aryl methyl sites for hydroxylation is 2. The molecule has 18 heavy (non-hydrogen) atoms. The Hall–Kier alpha value is -1.81. The highest BCUT2D eigenvalue weighted by atomic mass is 16.5. The Labute approximate surface area is 107 Å². The number of rotatable bonds is 4. The SMILES string of the molecule is COc1cc(C)c(-c2nc[nH]c2CCN)cc1C. The molecule has 4 heteroatoms. The lowest BCUT2D eigenvalue weighted by atomic mass is 10.00. The van der Waals surface area contributed by atoms with E-state index in [0.717, 1.165) is 40.2 Å². The molecule has 0 aliphatic heterocycles. The highest BCUT2D eigenvalue weighted by molar-refractivity contribution is 5.68. The Balaban J connectivity index is 2.50. The van der Waals surface area contributed by atoms with Crippen molar-refractivity contribution in [3.63, 3.8) is 0 Å². The molecule has 0 fully saturated rings. The molecule has 0 saturated carbocycles. The van der Waals surface area contributed by atoms with Gasteiger partial charge in [0.25, 0.3) is 0 Å². The van der Waals surface area contributed by atoms with E-state index in [-0.39, 0.29) is 0 Å². The first-order valence-electron chi connectivity index (χ1n) is 6.05. The highest BCUT2D eigenvalue weighted by Crippen LogP contribution is 2.30. The van der Waals surface area contributed by atoms with Crippen molar-refractivity contribution in [2.24, 2.45) is 5.73 Å². The molecule has 0 radical (unpaired) electrons. The fourth-order valence-corrected chi connectivity index (χ4v) is 2.15. The summed E-state index contributed by atoms with van der Waals surface area (Å²) in [5.74, 6) is 0.909. The molecule has 96 valence electrons. The van der Waals surface area contributed by atoms with Gasteiger partial charge >= 0.3 is 0 Å². The second kappa shape index (κ2) is 5.23. The molecule has 2 aromatic rings. The van der Waals surface area contributed by atoms with Crippen molar-refractivity contribution in [3.8, 4) is 17.0 Å². The Morgan fingerprint density at radius 3 is 2.72 bits per heavy atom. The third kappa shape index (κ3) is 2.24. The van der Waals surface area contributed by atoms with Crippen molar-refractivity contribution in [3.05, 3.63) is 35.3 Å². The summed E-state index contributed by atoms with van der Waals surface area (Å²) >= 11 is 0. The number of imidazole rings is 1. The van der Waals surface area contributed by atoms with Gasteiger partial charge in [0.05, 0.1) is 19.1 Å². The van der Waals surface area contributed by atoms with Gasteiger partial charge in [-0.15, -0.1) is 0 Å². The molecule has 3 N–H and O–H groups in total. The van der Waals surface area contributed by atoms with Gasteiger partial charge in [-0.1, -0.05) is 0 Å². The third-order valence-corrected chi connectivity index (χ3v) is 3.11.